The van der Waals surface area contributed by atoms with Crippen LogP contribution in [0.4, 0.5) is 5.69 Å². The van der Waals surface area contributed by atoms with Crippen molar-refractivity contribution in [1.29, 1.82) is 0 Å². The molecular weight excluding hydrogens is 688 g/mol. The smallest absolute Gasteiger partial charge is 0.326 e. The van der Waals surface area contributed by atoms with Crippen LogP contribution in [0.5, 0.6) is 23.0 Å². The molecule has 0 aliphatic heterocycles. The van der Waals surface area contributed by atoms with Gasteiger partial charge in [0.25, 0.3) is 15.9 Å². The predicted octanol–water partition coefficient (Wildman–Crippen LogP) is 8.82. The van der Waals surface area contributed by atoms with Crippen LogP contribution in [-0.4, -0.2) is 31.4 Å². The molecule has 0 spiro atoms. The summed E-state index contributed by atoms with van der Waals surface area (Å²) in [5.74, 6) is 0.293. The van der Waals surface area contributed by atoms with E-state index in [4.69, 9.17) is 21.1 Å². The minimum absolute atomic E-state index is 0.0391. The molecule has 51 heavy (non-hydrogen) atoms. The van der Waals surface area contributed by atoms with Gasteiger partial charge >= 0.3 is 5.97 Å². The van der Waals surface area contributed by atoms with Gasteiger partial charge in [0.1, 0.15) is 29.0 Å². The summed E-state index contributed by atoms with van der Waals surface area (Å²) in [5.41, 5.74) is 2.14. The molecule has 1 atom stereocenters. The van der Waals surface area contributed by atoms with Gasteiger partial charge < -0.3 is 19.9 Å². The lowest BCUT2D eigenvalue weighted by atomic mass is 9.99. The van der Waals surface area contributed by atoms with Crippen LogP contribution in [0.15, 0.2) is 157 Å². The minimum atomic E-state index is -4.17. The van der Waals surface area contributed by atoms with Gasteiger partial charge in [0.2, 0.25) is 0 Å². The number of hydrogen-bond acceptors (Lipinski definition) is 6. The fourth-order valence-corrected chi connectivity index (χ4v) is 6.46. The van der Waals surface area contributed by atoms with E-state index < -0.39 is 27.9 Å². The summed E-state index contributed by atoms with van der Waals surface area (Å²) >= 11 is 6.19. The van der Waals surface area contributed by atoms with Gasteiger partial charge in [-0.05, 0) is 83.9 Å². The summed E-state index contributed by atoms with van der Waals surface area (Å²) in [6.07, 6.45) is -0.0391. The third kappa shape index (κ3) is 8.93. The van der Waals surface area contributed by atoms with E-state index in [2.05, 4.69) is 10.0 Å². The number of carbonyl (C=O) groups excluding carboxylic acids is 1. The number of anilines is 1. The van der Waals surface area contributed by atoms with E-state index in [1.54, 1.807) is 24.3 Å². The highest BCUT2D eigenvalue weighted by Crippen LogP contribution is 2.33. The molecule has 0 aliphatic rings. The molecule has 0 saturated carbocycles. The number of benzene rings is 6. The van der Waals surface area contributed by atoms with Crippen molar-refractivity contribution < 1.29 is 32.6 Å². The summed E-state index contributed by atoms with van der Waals surface area (Å²) in [6, 6.07) is 41.8. The summed E-state index contributed by atoms with van der Waals surface area (Å²) < 4.78 is 40.9. The Morgan fingerprint density at radius 2 is 1.27 bits per heavy atom. The molecule has 6 rings (SSSR count). The van der Waals surface area contributed by atoms with Crippen LogP contribution in [0.25, 0.3) is 11.1 Å². The Kier molecular flexibility index (Phi) is 10.6. The van der Waals surface area contributed by atoms with Crippen molar-refractivity contribution in [2.75, 3.05) is 4.72 Å². The van der Waals surface area contributed by atoms with E-state index >= 15 is 0 Å². The molecule has 3 N–H and O–H groups in total. The van der Waals surface area contributed by atoms with Crippen LogP contribution in [0.3, 0.4) is 0 Å². The van der Waals surface area contributed by atoms with Crippen LogP contribution < -0.4 is 19.5 Å². The zero-order chi connectivity index (χ0) is 35.8. The van der Waals surface area contributed by atoms with E-state index in [9.17, 15) is 23.1 Å². The highest BCUT2D eigenvalue weighted by molar-refractivity contribution is 7.92. The molecule has 6 aromatic rings. The SMILES string of the molecule is O=C(NC(Cc1ccc(-c2ccccc2Oc2ccccc2)cc1)C(=O)O)c1cc(Cl)ccc1NS(=O)(=O)c1ccc(Oc2ccccc2)cc1. The molecule has 0 aliphatic carbocycles. The van der Waals surface area contributed by atoms with Crippen LogP contribution in [-0.2, 0) is 21.2 Å². The second-order valence-corrected chi connectivity index (χ2v) is 13.5. The maximum Gasteiger partial charge on any atom is 0.326 e. The number of amides is 1. The van der Waals surface area contributed by atoms with Gasteiger partial charge in [-0.1, -0.05) is 90.5 Å². The minimum Gasteiger partial charge on any atom is -0.480 e. The number of carboxylic acid groups (broad SMARTS) is 1. The molecule has 1 unspecified atom stereocenters. The van der Waals surface area contributed by atoms with Crippen molar-refractivity contribution in [3.05, 3.63) is 168 Å². The molecule has 256 valence electrons. The number of carboxylic acids is 1. The van der Waals surface area contributed by atoms with Crippen LogP contribution in [0.2, 0.25) is 5.02 Å². The highest BCUT2D eigenvalue weighted by atomic mass is 35.5. The Bertz CT molecular complexity index is 2250. The average Bonchev–Trinajstić information content (AvgIpc) is 3.13. The molecule has 0 saturated heterocycles. The first kappa shape index (κ1) is 34.8. The van der Waals surface area contributed by atoms with Gasteiger partial charge in [0.05, 0.1) is 16.1 Å². The standard InChI is InChI=1S/C40H31ClN2O7S/c41-29-19-24-36(43-51(47,48)33-22-20-32(21-23-33)49-30-9-3-1-4-10-30)35(26-29)39(44)42-37(40(45)46)25-27-15-17-28(18-16-27)34-13-7-8-14-38(34)50-31-11-5-2-6-12-31/h1-24,26,37,43H,25H2,(H,42,44)(H,45,46). The Labute approximate surface area is 300 Å². The summed E-state index contributed by atoms with van der Waals surface area (Å²) in [7, 11) is -4.17. The van der Waals surface area contributed by atoms with Crippen LogP contribution in [0.1, 0.15) is 15.9 Å². The van der Waals surface area contributed by atoms with Gasteiger partial charge in [-0.25, -0.2) is 13.2 Å². The normalized spacial score (nSPS) is 11.6. The Hall–Kier alpha value is -6.10. The number of carbonyl (C=O) groups is 2. The van der Waals surface area contributed by atoms with E-state index in [1.807, 2.05) is 84.9 Å². The molecule has 6 aromatic carbocycles. The molecule has 0 bridgehead atoms. The molecule has 9 nitrogen and oxygen atoms in total. The number of nitrogens with one attached hydrogen (secondary N) is 2. The number of ether oxygens (including phenoxy) is 2. The van der Waals surface area contributed by atoms with E-state index in [0.29, 0.717) is 28.6 Å². The lowest BCUT2D eigenvalue weighted by Gasteiger charge is -2.18. The highest BCUT2D eigenvalue weighted by Gasteiger charge is 2.25. The summed E-state index contributed by atoms with van der Waals surface area (Å²) in [5, 5.41) is 12.7. The fraction of sp³-hybridized carbons (Fsp3) is 0.0500. The maximum absolute atomic E-state index is 13.5. The Morgan fingerprint density at radius 3 is 1.92 bits per heavy atom. The number of hydrogen-bond donors (Lipinski definition) is 3. The molecule has 0 radical (unpaired) electrons. The Morgan fingerprint density at radius 1 is 0.686 bits per heavy atom. The third-order valence-electron chi connectivity index (χ3n) is 7.75. The summed E-state index contributed by atoms with van der Waals surface area (Å²) in [4.78, 5) is 25.7. The van der Waals surface area contributed by atoms with Gasteiger partial charge in [-0.2, -0.15) is 0 Å². The van der Waals surface area contributed by atoms with Crippen molar-refractivity contribution in [2.24, 2.45) is 0 Å². The lowest BCUT2D eigenvalue weighted by Crippen LogP contribution is -2.42. The first-order valence-corrected chi connectivity index (χ1v) is 17.6. The molecular formula is C40H31ClN2O7S. The number of sulfonamides is 1. The molecule has 11 heteroatoms. The van der Waals surface area contributed by atoms with Gasteiger partial charge in [0.15, 0.2) is 0 Å². The van der Waals surface area contributed by atoms with Crippen molar-refractivity contribution in [2.45, 2.75) is 17.4 Å². The topological polar surface area (TPSA) is 131 Å². The van der Waals surface area contributed by atoms with Crippen molar-refractivity contribution >= 4 is 39.2 Å². The first-order valence-electron chi connectivity index (χ1n) is 15.7. The molecule has 0 fully saturated rings. The average molecular weight is 719 g/mol. The maximum atomic E-state index is 13.5. The monoisotopic (exact) mass is 718 g/mol. The van der Waals surface area contributed by atoms with Crippen molar-refractivity contribution in [3.8, 4) is 34.1 Å². The van der Waals surface area contributed by atoms with E-state index in [-0.39, 0.29) is 27.6 Å². The number of rotatable bonds is 13. The second-order valence-electron chi connectivity index (χ2n) is 11.4. The van der Waals surface area contributed by atoms with Gasteiger partial charge in [-0.3, -0.25) is 9.52 Å². The fourth-order valence-electron chi connectivity index (χ4n) is 5.21. The zero-order valence-corrected chi connectivity index (χ0v) is 28.5. The largest absolute Gasteiger partial charge is 0.480 e. The molecule has 0 heterocycles. The third-order valence-corrected chi connectivity index (χ3v) is 9.37. The zero-order valence-electron chi connectivity index (χ0n) is 26.9. The number of aliphatic carboxylic acids is 1. The van der Waals surface area contributed by atoms with Gasteiger partial charge in [-0.15, -0.1) is 0 Å². The predicted molar refractivity (Wildman–Crippen MR) is 196 cm³/mol. The quantitative estimate of drug-likeness (QED) is 0.109. The lowest BCUT2D eigenvalue weighted by molar-refractivity contribution is -0.139. The number of halogens is 1. The van der Waals surface area contributed by atoms with Crippen molar-refractivity contribution in [3.63, 3.8) is 0 Å². The summed E-state index contributed by atoms with van der Waals surface area (Å²) in [6.45, 7) is 0. The van der Waals surface area contributed by atoms with Crippen LogP contribution in [0, 0.1) is 0 Å². The second kappa shape index (κ2) is 15.6. The van der Waals surface area contributed by atoms with Crippen molar-refractivity contribution in [1.82, 2.24) is 5.32 Å². The van der Waals surface area contributed by atoms with E-state index in [0.717, 1.165) is 11.1 Å². The molecule has 1 amide bonds. The van der Waals surface area contributed by atoms with Crippen LogP contribution >= 0.6 is 11.6 Å². The Balaban J connectivity index is 1.15. The number of para-hydroxylation sites is 3. The first-order chi connectivity index (χ1) is 24.6. The van der Waals surface area contributed by atoms with Gasteiger partial charge in [0, 0.05) is 17.0 Å². The molecule has 0 aromatic heterocycles. The van der Waals surface area contributed by atoms with E-state index in [1.165, 1.54) is 42.5 Å².